The van der Waals surface area contributed by atoms with Gasteiger partial charge in [-0.2, -0.15) is 0 Å². The number of aryl methyl sites for hydroxylation is 1. The highest BCUT2D eigenvalue weighted by atomic mass is 32.2. The summed E-state index contributed by atoms with van der Waals surface area (Å²) in [6.45, 7) is 1.60. The number of aromatic nitrogens is 4. The summed E-state index contributed by atoms with van der Waals surface area (Å²) >= 11 is 1.48. The normalized spacial score (nSPS) is 14.2. The van der Waals surface area contributed by atoms with Crippen molar-refractivity contribution in [2.24, 2.45) is 0 Å². The molecule has 4 rings (SSSR count). The maximum Gasteiger partial charge on any atom is 0.230 e. The van der Waals surface area contributed by atoms with Gasteiger partial charge in [-0.1, -0.05) is 36.4 Å². The number of carbonyl (C=O) groups is 1. The van der Waals surface area contributed by atoms with Gasteiger partial charge in [-0.3, -0.25) is 4.79 Å². The van der Waals surface area contributed by atoms with E-state index in [4.69, 9.17) is 0 Å². The van der Waals surface area contributed by atoms with Crippen LogP contribution in [0.4, 0.5) is 0 Å². The average molecular weight is 369 g/mol. The number of carbonyl (C=O) groups excluding carboxylic acids is 1. The van der Waals surface area contributed by atoms with Gasteiger partial charge in [-0.05, 0) is 30.9 Å². The lowest BCUT2D eigenvalue weighted by Gasteiger charge is -2.07. The zero-order valence-electron chi connectivity index (χ0n) is 14.7. The molecule has 1 aliphatic heterocycles. The summed E-state index contributed by atoms with van der Waals surface area (Å²) in [6.07, 6.45) is 7.41. The maximum atomic E-state index is 12.2. The van der Waals surface area contributed by atoms with Crippen molar-refractivity contribution in [2.75, 3.05) is 12.3 Å². The van der Waals surface area contributed by atoms with Crippen LogP contribution in [0.5, 0.6) is 0 Å². The molecule has 0 bridgehead atoms. The summed E-state index contributed by atoms with van der Waals surface area (Å²) < 4.78 is 2.18. The summed E-state index contributed by atoms with van der Waals surface area (Å²) in [7, 11) is 0. The van der Waals surface area contributed by atoms with Crippen molar-refractivity contribution >= 4 is 28.6 Å². The predicted octanol–water partition coefficient (Wildman–Crippen LogP) is 2.94. The molecule has 2 aromatic heterocycles. The summed E-state index contributed by atoms with van der Waals surface area (Å²) in [5.41, 5.74) is 2.37. The highest BCUT2D eigenvalue weighted by molar-refractivity contribution is 7.99. The van der Waals surface area contributed by atoms with Gasteiger partial charge < -0.3 is 14.9 Å². The Hall–Kier alpha value is -2.28. The molecule has 0 unspecified atom stereocenters. The number of fused-ring (bicyclic) bond motifs is 2. The van der Waals surface area contributed by atoms with Gasteiger partial charge in [0.2, 0.25) is 5.91 Å². The molecule has 0 spiro atoms. The Bertz CT molecular complexity index is 900. The third kappa shape index (κ3) is 3.77. The minimum atomic E-state index is 0.0424. The van der Waals surface area contributed by atoms with Crippen LogP contribution in [0.15, 0.2) is 35.6 Å². The zero-order chi connectivity index (χ0) is 17.8. The van der Waals surface area contributed by atoms with E-state index in [1.807, 2.05) is 18.3 Å². The molecule has 6 nitrogen and oxygen atoms in total. The highest BCUT2D eigenvalue weighted by Gasteiger charge is 2.16. The van der Waals surface area contributed by atoms with Crippen molar-refractivity contribution in [1.29, 1.82) is 0 Å². The van der Waals surface area contributed by atoms with Gasteiger partial charge in [0.05, 0.1) is 5.75 Å². The molecular formula is C19H23N5OS. The Morgan fingerprint density at radius 2 is 2.15 bits per heavy atom. The number of para-hydroxylation sites is 1. The molecule has 7 heteroatoms. The van der Waals surface area contributed by atoms with Crippen molar-refractivity contribution in [3.63, 3.8) is 0 Å². The minimum absolute atomic E-state index is 0.0424. The van der Waals surface area contributed by atoms with Crippen molar-refractivity contribution < 1.29 is 4.79 Å². The Labute approximate surface area is 156 Å². The standard InChI is InChI=1S/C19H23N5OS/c25-18(13-26-19-23-22-17-8-2-1-5-11-24(17)19)20-10-9-14-12-21-16-7-4-3-6-15(14)16/h3-4,6-7,12,21H,1-2,5,8-11,13H2,(H,20,25). The fourth-order valence-corrected chi connectivity index (χ4v) is 4.23. The van der Waals surface area contributed by atoms with E-state index >= 15 is 0 Å². The third-order valence-electron chi connectivity index (χ3n) is 4.80. The lowest BCUT2D eigenvalue weighted by molar-refractivity contribution is -0.118. The van der Waals surface area contributed by atoms with Gasteiger partial charge in [-0.15, -0.1) is 10.2 Å². The number of amides is 1. The highest BCUT2D eigenvalue weighted by Crippen LogP contribution is 2.21. The van der Waals surface area contributed by atoms with Crippen LogP contribution >= 0.6 is 11.8 Å². The number of nitrogens with zero attached hydrogens (tertiary/aromatic N) is 3. The molecule has 0 saturated heterocycles. The smallest absolute Gasteiger partial charge is 0.230 e. The van der Waals surface area contributed by atoms with Crippen molar-refractivity contribution in [1.82, 2.24) is 25.1 Å². The molecule has 0 atom stereocenters. The second-order valence-corrected chi connectivity index (χ2v) is 7.55. The molecule has 1 aliphatic rings. The number of H-pyrrole nitrogens is 1. The van der Waals surface area contributed by atoms with Crippen LogP contribution in [-0.4, -0.2) is 38.0 Å². The van der Waals surface area contributed by atoms with Crippen molar-refractivity contribution in [3.05, 3.63) is 41.9 Å². The molecule has 26 heavy (non-hydrogen) atoms. The van der Waals surface area contributed by atoms with Crippen molar-refractivity contribution in [3.8, 4) is 0 Å². The largest absolute Gasteiger partial charge is 0.361 e. The first-order valence-electron chi connectivity index (χ1n) is 9.18. The van der Waals surface area contributed by atoms with Gasteiger partial charge in [0, 0.05) is 36.6 Å². The van der Waals surface area contributed by atoms with Crippen LogP contribution < -0.4 is 5.32 Å². The number of benzene rings is 1. The third-order valence-corrected chi connectivity index (χ3v) is 5.77. The topological polar surface area (TPSA) is 75.6 Å². The van der Waals surface area contributed by atoms with E-state index in [1.165, 1.54) is 35.6 Å². The molecule has 0 saturated carbocycles. The van der Waals surface area contributed by atoms with E-state index in [0.29, 0.717) is 12.3 Å². The SMILES string of the molecule is O=C(CSc1nnc2n1CCCCC2)NCCc1c[nH]c2ccccc12. The summed E-state index contributed by atoms with van der Waals surface area (Å²) in [5.74, 6) is 1.48. The van der Waals surface area contributed by atoms with Crippen LogP contribution in [0.1, 0.15) is 30.7 Å². The first-order chi connectivity index (χ1) is 12.8. The fourth-order valence-electron chi connectivity index (χ4n) is 3.42. The lowest BCUT2D eigenvalue weighted by Crippen LogP contribution is -2.27. The zero-order valence-corrected chi connectivity index (χ0v) is 15.5. The van der Waals surface area contributed by atoms with E-state index in [-0.39, 0.29) is 5.91 Å². The quantitative estimate of drug-likeness (QED) is 0.655. The number of hydrogen-bond acceptors (Lipinski definition) is 4. The fraction of sp³-hybridized carbons (Fsp3) is 0.421. The number of hydrogen-bond donors (Lipinski definition) is 2. The Morgan fingerprint density at radius 3 is 3.12 bits per heavy atom. The second kappa shape index (κ2) is 7.95. The van der Waals surface area contributed by atoms with Crippen LogP contribution in [0.3, 0.4) is 0 Å². The summed E-state index contributed by atoms with van der Waals surface area (Å²) in [6, 6.07) is 8.23. The van der Waals surface area contributed by atoms with Gasteiger partial charge >= 0.3 is 0 Å². The Morgan fingerprint density at radius 1 is 1.23 bits per heavy atom. The molecule has 2 N–H and O–H groups in total. The van der Waals surface area contributed by atoms with Crippen LogP contribution in [0, 0.1) is 0 Å². The molecular weight excluding hydrogens is 346 g/mol. The second-order valence-electron chi connectivity index (χ2n) is 6.61. The molecule has 0 fully saturated rings. The predicted molar refractivity (Wildman–Crippen MR) is 103 cm³/mol. The average Bonchev–Trinajstić information content (AvgIpc) is 3.16. The Kier molecular flexibility index (Phi) is 5.24. The van der Waals surface area contributed by atoms with Crippen LogP contribution in [0.25, 0.3) is 10.9 Å². The number of aromatic amines is 1. The maximum absolute atomic E-state index is 12.2. The number of thioether (sulfide) groups is 1. The van der Waals surface area contributed by atoms with E-state index < -0.39 is 0 Å². The van der Waals surface area contributed by atoms with E-state index in [0.717, 1.165) is 42.3 Å². The molecule has 136 valence electrons. The van der Waals surface area contributed by atoms with Crippen LogP contribution in [0.2, 0.25) is 0 Å². The first-order valence-corrected chi connectivity index (χ1v) is 10.2. The van der Waals surface area contributed by atoms with E-state index in [9.17, 15) is 4.79 Å². The minimum Gasteiger partial charge on any atom is -0.361 e. The van der Waals surface area contributed by atoms with Gasteiger partial charge in [0.15, 0.2) is 5.16 Å². The lowest BCUT2D eigenvalue weighted by atomic mass is 10.1. The Balaban J connectivity index is 1.26. The van der Waals surface area contributed by atoms with Crippen LogP contribution in [-0.2, 0) is 24.2 Å². The van der Waals surface area contributed by atoms with E-state index in [2.05, 4.69) is 37.2 Å². The number of nitrogens with one attached hydrogen (secondary N) is 2. The van der Waals surface area contributed by atoms with Gasteiger partial charge in [0.25, 0.3) is 0 Å². The van der Waals surface area contributed by atoms with E-state index in [1.54, 1.807) is 0 Å². The summed E-state index contributed by atoms with van der Waals surface area (Å²) in [4.78, 5) is 15.4. The monoisotopic (exact) mass is 369 g/mol. The summed E-state index contributed by atoms with van der Waals surface area (Å²) in [5, 5.41) is 13.6. The molecule has 0 radical (unpaired) electrons. The van der Waals surface area contributed by atoms with Gasteiger partial charge in [0.1, 0.15) is 5.82 Å². The molecule has 3 heterocycles. The molecule has 1 aromatic carbocycles. The molecule has 1 amide bonds. The van der Waals surface area contributed by atoms with Crippen molar-refractivity contribution in [2.45, 2.75) is 43.8 Å². The van der Waals surface area contributed by atoms with Gasteiger partial charge in [-0.25, -0.2) is 0 Å². The number of rotatable bonds is 6. The molecule has 0 aliphatic carbocycles. The molecule has 3 aromatic rings. The first kappa shape index (κ1) is 17.1.